The van der Waals surface area contributed by atoms with E-state index in [1.54, 1.807) is 0 Å². The van der Waals surface area contributed by atoms with Crippen molar-refractivity contribution in [2.24, 2.45) is 0 Å². The molecule has 0 aliphatic rings. The van der Waals surface area contributed by atoms with Crippen molar-refractivity contribution >= 4 is 5.97 Å². The van der Waals surface area contributed by atoms with E-state index in [1.807, 2.05) is 5.92 Å². The molecule has 0 amide bonds. The Bertz CT molecular complexity index is 538. The van der Waals surface area contributed by atoms with E-state index in [0.717, 1.165) is 12.1 Å². The van der Waals surface area contributed by atoms with Crippen LogP contribution in [0.3, 0.4) is 0 Å². The third-order valence-electron chi connectivity index (χ3n) is 1.86. The van der Waals surface area contributed by atoms with Gasteiger partial charge in [0.2, 0.25) is 5.82 Å². The molecule has 0 aliphatic carbocycles. The molecule has 5 heteroatoms. The van der Waals surface area contributed by atoms with Gasteiger partial charge in [-0.3, -0.25) is 0 Å². The fraction of sp³-hybridized carbons (Fsp3) is 0.154. The normalized spacial score (nSPS) is 9.11. The Kier molecular flexibility index (Phi) is 4.71. The summed E-state index contributed by atoms with van der Waals surface area (Å²) < 4.78 is 36.2. The van der Waals surface area contributed by atoms with Gasteiger partial charge < -0.3 is 9.47 Å². The number of rotatable bonds is 4. The molecule has 92 valence electrons. The van der Waals surface area contributed by atoms with Gasteiger partial charge in [-0.2, -0.15) is 4.39 Å². The zero-order valence-corrected chi connectivity index (χ0v) is 9.20. The first-order chi connectivity index (χ1) is 8.61. The molecule has 3 nitrogen and oxygen atoms in total. The van der Waals surface area contributed by atoms with Crippen molar-refractivity contribution in [1.82, 2.24) is 0 Å². The Morgan fingerprint density at radius 2 is 1.83 bits per heavy atom. The van der Waals surface area contributed by atoms with Crippen LogP contribution in [0.5, 0.6) is 5.75 Å². The number of halogens is 2. The molecular formula is C13H8F2O3. The van der Waals surface area contributed by atoms with Crippen LogP contribution in [-0.2, 0) is 4.74 Å². The number of esters is 1. The second kappa shape index (κ2) is 6.27. The summed E-state index contributed by atoms with van der Waals surface area (Å²) in [5.41, 5.74) is -0.559. The minimum absolute atomic E-state index is 0.211. The molecule has 0 fully saturated rings. The molecule has 0 atom stereocenters. The van der Waals surface area contributed by atoms with Gasteiger partial charge in [-0.05, 0) is 12.1 Å². The molecule has 0 saturated carbocycles. The van der Waals surface area contributed by atoms with Gasteiger partial charge in [0, 0.05) is 0 Å². The van der Waals surface area contributed by atoms with Gasteiger partial charge in [0.05, 0.1) is 5.56 Å². The molecule has 0 unspecified atom stereocenters. The highest BCUT2D eigenvalue weighted by molar-refractivity contribution is 5.90. The lowest BCUT2D eigenvalue weighted by Gasteiger charge is -2.07. The van der Waals surface area contributed by atoms with Crippen molar-refractivity contribution in [3.8, 4) is 30.4 Å². The fourth-order valence-corrected chi connectivity index (χ4v) is 1.11. The number of ether oxygens (including phenoxy) is 2. The summed E-state index contributed by atoms with van der Waals surface area (Å²) in [6.07, 6.45) is 9.78. The first-order valence-corrected chi connectivity index (χ1v) is 4.76. The number of benzene rings is 1. The SMILES string of the molecule is C#CCOC(=O)c1ccc(OCC#C)c(F)c1F. The number of carbonyl (C=O) groups is 1. The highest BCUT2D eigenvalue weighted by Gasteiger charge is 2.20. The molecule has 1 rings (SSSR count). The smallest absolute Gasteiger partial charge is 0.342 e. The first kappa shape index (κ1) is 13.5. The van der Waals surface area contributed by atoms with Gasteiger partial charge in [-0.1, -0.05) is 11.8 Å². The van der Waals surface area contributed by atoms with Crippen LogP contribution in [0.15, 0.2) is 12.1 Å². The fourth-order valence-electron chi connectivity index (χ4n) is 1.11. The maximum atomic E-state index is 13.5. The van der Waals surface area contributed by atoms with Gasteiger partial charge in [0.15, 0.2) is 18.2 Å². The molecule has 0 aliphatic heterocycles. The lowest BCUT2D eigenvalue weighted by molar-refractivity contribution is 0.0550. The van der Waals surface area contributed by atoms with Crippen LogP contribution in [0.1, 0.15) is 10.4 Å². The number of terminal acetylenes is 2. The molecule has 0 saturated heterocycles. The zero-order valence-electron chi connectivity index (χ0n) is 9.20. The third kappa shape index (κ3) is 2.99. The predicted molar refractivity (Wildman–Crippen MR) is 59.8 cm³/mol. The summed E-state index contributed by atoms with van der Waals surface area (Å²) in [5.74, 6) is 0.0403. The van der Waals surface area contributed by atoms with Crippen LogP contribution in [0.2, 0.25) is 0 Å². The lowest BCUT2D eigenvalue weighted by Crippen LogP contribution is -2.10. The van der Waals surface area contributed by atoms with Crippen LogP contribution in [0.25, 0.3) is 0 Å². The van der Waals surface area contributed by atoms with Crippen molar-refractivity contribution in [2.45, 2.75) is 0 Å². The van der Waals surface area contributed by atoms with E-state index in [-0.39, 0.29) is 19.0 Å². The Hall–Kier alpha value is -2.53. The average molecular weight is 250 g/mol. The number of hydrogen-bond acceptors (Lipinski definition) is 3. The van der Waals surface area contributed by atoms with Gasteiger partial charge >= 0.3 is 5.97 Å². The molecule has 0 N–H and O–H groups in total. The van der Waals surface area contributed by atoms with Crippen molar-refractivity contribution in [2.75, 3.05) is 13.2 Å². The van der Waals surface area contributed by atoms with E-state index in [2.05, 4.69) is 10.7 Å². The summed E-state index contributed by atoms with van der Waals surface area (Å²) in [6, 6.07) is 2.12. The minimum atomic E-state index is -1.37. The first-order valence-electron chi connectivity index (χ1n) is 4.76. The van der Waals surface area contributed by atoms with E-state index in [4.69, 9.17) is 17.6 Å². The van der Waals surface area contributed by atoms with Gasteiger partial charge in [0.1, 0.15) is 6.61 Å². The van der Waals surface area contributed by atoms with Crippen LogP contribution < -0.4 is 4.74 Å². The Balaban J connectivity index is 2.98. The standard InChI is InChI=1S/C13H8F2O3/c1-3-7-17-10-6-5-9(11(14)12(10)15)13(16)18-8-4-2/h1-2,5-6H,7-8H2. The van der Waals surface area contributed by atoms with Gasteiger partial charge in [-0.15, -0.1) is 12.8 Å². The second-order valence-corrected chi connectivity index (χ2v) is 3.01. The summed E-state index contributed by atoms with van der Waals surface area (Å²) in [5, 5.41) is 0. The number of hydrogen-bond donors (Lipinski definition) is 0. The van der Waals surface area contributed by atoms with Crippen molar-refractivity contribution in [3.63, 3.8) is 0 Å². The van der Waals surface area contributed by atoms with E-state index >= 15 is 0 Å². The molecule has 0 spiro atoms. The van der Waals surface area contributed by atoms with Crippen LogP contribution in [0.4, 0.5) is 8.78 Å². The molecule has 0 heterocycles. The second-order valence-electron chi connectivity index (χ2n) is 3.01. The highest BCUT2D eigenvalue weighted by Crippen LogP contribution is 2.23. The molecule has 18 heavy (non-hydrogen) atoms. The maximum absolute atomic E-state index is 13.5. The average Bonchev–Trinajstić information content (AvgIpc) is 2.37. The molecule has 0 bridgehead atoms. The summed E-state index contributed by atoms with van der Waals surface area (Å²) >= 11 is 0. The third-order valence-corrected chi connectivity index (χ3v) is 1.86. The van der Waals surface area contributed by atoms with E-state index in [0.29, 0.717) is 0 Å². The molecular weight excluding hydrogens is 242 g/mol. The highest BCUT2D eigenvalue weighted by atomic mass is 19.2. The van der Waals surface area contributed by atoms with Crippen LogP contribution >= 0.6 is 0 Å². The molecule has 0 aromatic heterocycles. The summed E-state index contributed by atoms with van der Waals surface area (Å²) in [6.45, 7) is -0.535. The van der Waals surface area contributed by atoms with Crippen molar-refractivity contribution < 1.29 is 23.0 Å². The lowest BCUT2D eigenvalue weighted by atomic mass is 10.2. The predicted octanol–water partition coefficient (Wildman–Crippen LogP) is 1.77. The van der Waals surface area contributed by atoms with Gasteiger partial charge in [-0.25, -0.2) is 9.18 Å². The zero-order chi connectivity index (χ0) is 13.5. The Morgan fingerprint density at radius 1 is 1.17 bits per heavy atom. The molecule has 1 aromatic carbocycles. The largest absolute Gasteiger partial charge is 0.478 e. The summed E-state index contributed by atoms with van der Waals surface area (Å²) in [4.78, 5) is 11.3. The Morgan fingerprint density at radius 3 is 2.44 bits per heavy atom. The van der Waals surface area contributed by atoms with Gasteiger partial charge in [0.25, 0.3) is 0 Å². The molecule has 0 radical (unpaired) electrons. The maximum Gasteiger partial charge on any atom is 0.342 e. The topological polar surface area (TPSA) is 35.5 Å². The summed E-state index contributed by atoms with van der Waals surface area (Å²) in [7, 11) is 0. The quantitative estimate of drug-likeness (QED) is 0.603. The number of carbonyl (C=O) groups excluding carboxylic acids is 1. The van der Waals surface area contributed by atoms with Crippen LogP contribution in [0, 0.1) is 36.3 Å². The van der Waals surface area contributed by atoms with E-state index in [1.165, 1.54) is 0 Å². The molecule has 1 aromatic rings. The van der Waals surface area contributed by atoms with Crippen LogP contribution in [-0.4, -0.2) is 19.2 Å². The monoisotopic (exact) mass is 250 g/mol. The van der Waals surface area contributed by atoms with E-state index in [9.17, 15) is 13.6 Å². The minimum Gasteiger partial charge on any atom is -0.478 e. The van der Waals surface area contributed by atoms with Crippen molar-refractivity contribution in [1.29, 1.82) is 0 Å². The Labute approximate surface area is 103 Å². The van der Waals surface area contributed by atoms with E-state index < -0.39 is 23.2 Å². The van der Waals surface area contributed by atoms with Crippen molar-refractivity contribution in [3.05, 3.63) is 29.3 Å².